The van der Waals surface area contributed by atoms with E-state index in [9.17, 15) is 4.79 Å². The Labute approximate surface area is 129 Å². The van der Waals surface area contributed by atoms with Gasteiger partial charge >= 0.3 is 0 Å². The Balaban J connectivity index is 2.16. The molecule has 22 heavy (non-hydrogen) atoms. The zero-order valence-electron chi connectivity index (χ0n) is 12.9. The number of methoxy groups -OCH3 is 1. The molecule has 2 aromatic rings. The second-order valence-corrected chi connectivity index (χ2v) is 5.61. The number of fused-ring (bicyclic) bond motifs is 1. The van der Waals surface area contributed by atoms with Crippen LogP contribution in [0.4, 0.5) is 0 Å². The summed E-state index contributed by atoms with van der Waals surface area (Å²) in [4.78, 5) is 16.0. The highest BCUT2D eigenvalue weighted by Gasteiger charge is 2.18. The van der Waals surface area contributed by atoms with Crippen molar-refractivity contribution in [3.05, 3.63) is 47.7 Å². The van der Waals surface area contributed by atoms with E-state index in [1.807, 2.05) is 24.3 Å². The van der Waals surface area contributed by atoms with Gasteiger partial charge in [-0.05, 0) is 23.6 Å². The van der Waals surface area contributed by atoms with E-state index in [0.29, 0.717) is 5.92 Å². The first-order valence-corrected chi connectivity index (χ1v) is 7.31. The largest absolute Gasteiger partial charge is 0.494 e. The third-order valence-electron chi connectivity index (χ3n) is 3.81. The SMILES string of the molecule is COc1ccc(C2C=CC(=O)NN2)c2ccc(C(C)C)nc12. The molecule has 0 radical (unpaired) electrons. The van der Waals surface area contributed by atoms with Crippen LogP contribution >= 0.6 is 0 Å². The molecule has 1 aromatic heterocycles. The van der Waals surface area contributed by atoms with Crippen LogP contribution in [0.2, 0.25) is 0 Å². The van der Waals surface area contributed by atoms with Gasteiger partial charge in [-0.1, -0.05) is 32.1 Å². The van der Waals surface area contributed by atoms with Gasteiger partial charge in [-0.2, -0.15) is 0 Å². The second kappa shape index (κ2) is 5.77. The average molecular weight is 297 g/mol. The van der Waals surface area contributed by atoms with Gasteiger partial charge in [-0.3, -0.25) is 10.2 Å². The van der Waals surface area contributed by atoms with E-state index in [4.69, 9.17) is 9.72 Å². The summed E-state index contributed by atoms with van der Waals surface area (Å²) in [7, 11) is 1.65. The van der Waals surface area contributed by atoms with Gasteiger partial charge in [0.2, 0.25) is 0 Å². The molecule has 1 atom stereocenters. The zero-order chi connectivity index (χ0) is 15.7. The number of benzene rings is 1. The fourth-order valence-electron chi connectivity index (χ4n) is 2.59. The highest BCUT2D eigenvalue weighted by molar-refractivity contribution is 5.90. The summed E-state index contributed by atoms with van der Waals surface area (Å²) >= 11 is 0. The maximum Gasteiger partial charge on any atom is 0.257 e. The Morgan fingerprint density at radius 2 is 2.05 bits per heavy atom. The molecule has 1 aliphatic rings. The minimum absolute atomic E-state index is 0.0854. The minimum Gasteiger partial charge on any atom is -0.494 e. The van der Waals surface area contributed by atoms with Crippen LogP contribution in [0.25, 0.3) is 10.9 Å². The predicted molar refractivity (Wildman–Crippen MR) is 85.5 cm³/mol. The molecule has 114 valence electrons. The van der Waals surface area contributed by atoms with Crippen LogP contribution in [0, 0.1) is 0 Å². The van der Waals surface area contributed by atoms with Crippen molar-refractivity contribution in [2.75, 3.05) is 7.11 Å². The van der Waals surface area contributed by atoms with E-state index in [2.05, 4.69) is 30.8 Å². The number of nitrogens with zero attached hydrogens (tertiary/aromatic N) is 1. The molecule has 1 aliphatic heterocycles. The molecule has 1 unspecified atom stereocenters. The number of aromatic nitrogens is 1. The number of hydrogen-bond acceptors (Lipinski definition) is 4. The minimum atomic E-state index is -0.144. The van der Waals surface area contributed by atoms with Crippen LogP contribution in [0.3, 0.4) is 0 Å². The van der Waals surface area contributed by atoms with Crippen molar-refractivity contribution in [2.24, 2.45) is 0 Å². The fourth-order valence-corrected chi connectivity index (χ4v) is 2.59. The first-order valence-electron chi connectivity index (χ1n) is 7.31. The van der Waals surface area contributed by atoms with E-state index in [1.54, 1.807) is 7.11 Å². The molecule has 0 bridgehead atoms. The lowest BCUT2D eigenvalue weighted by atomic mass is 9.98. The highest BCUT2D eigenvalue weighted by atomic mass is 16.5. The molecule has 1 amide bonds. The molecule has 0 saturated heterocycles. The molecule has 0 aliphatic carbocycles. The van der Waals surface area contributed by atoms with E-state index in [-0.39, 0.29) is 11.9 Å². The van der Waals surface area contributed by atoms with Crippen molar-refractivity contribution in [2.45, 2.75) is 25.8 Å². The Kier molecular flexibility index (Phi) is 3.81. The molecule has 2 N–H and O–H groups in total. The van der Waals surface area contributed by atoms with Gasteiger partial charge in [0, 0.05) is 17.2 Å². The Morgan fingerprint density at radius 1 is 1.23 bits per heavy atom. The van der Waals surface area contributed by atoms with E-state index < -0.39 is 0 Å². The van der Waals surface area contributed by atoms with Crippen molar-refractivity contribution in [1.82, 2.24) is 15.8 Å². The Bertz CT molecular complexity index is 753. The average Bonchev–Trinajstić information content (AvgIpc) is 2.54. The van der Waals surface area contributed by atoms with Crippen LogP contribution in [0.15, 0.2) is 36.4 Å². The van der Waals surface area contributed by atoms with Crippen molar-refractivity contribution in [1.29, 1.82) is 0 Å². The number of ether oxygens (including phenoxy) is 1. The predicted octanol–water partition coefficient (Wildman–Crippen LogP) is 2.60. The highest BCUT2D eigenvalue weighted by Crippen LogP contribution is 2.32. The molecule has 0 fully saturated rings. The molecule has 5 heteroatoms. The van der Waals surface area contributed by atoms with Crippen LogP contribution in [-0.2, 0) is 4.79 Å². The summed E-state index contributed by atoms with van der Waals surface area (Å²) in [5.74, 6) is 0.962. The van der Waals surface area contributed by atoms with Gasteiger partial charge in [0.05, 0.1) is 13.2 Å². The number of hydrogen-bond donors (Lipinski definition) is 2. The fraction of sp³-hybridized carbons (Fsp3) is 0.294. The summed E-state index contributed by atoms with van der Waals surface area (Å²) in [6.07, 6.45) is 3.38. The number of amides is 1. The van der Waals surface area contributed by atoms with Crippen LogP contribution in [0.1, 0.15) is 37.1 Å². The molecule has 2 heterocycles. The number of carbonyl (C=O) groups is 1. The van der Waals surface area contributed by atoms with Crippen LogP contribution in [-0.4, -0.2) is 18.0 Å². The Morgan fingerprint density at radius 3 is 2.68 bits per heavy atom. The van der Waals surface area contributed by atoms with Crippen molar-refractivity contribution >= 4 is 16.8 Å². The quantitative estimate of drug-likeness (QED) is 0.914. The van der Waals surface area contributed by atoms with Gasteiger partial charge in [0.15, 0.2) is 0 Å². The summed E-state index contributed by atoms with van der Waals surface area (Å²) in [5, 5.41) is 1.02. The van der Waals surface area contributed by atoms with E-state index in [0.717, 1.165) is 27.9 Å². The summed E-state index contributed by atoms with van der Waals surface area (Å²) in [6.45, 7) is 4.23. The molecule has 1 aromatic carbocycles. The second-order valence-electron chi connectivity index (χ2n) is 5.61. The van der Waals surface area contributed by atoms with Gasteiger partial charge in [0.1, 0.15) is 11.3 Å². The monoisotopic (exact) mass is 297 g/mol. The van der Waals surface area contributed by atoms with Crippen LogP contribution in [0.5, 0.6) is 5.75 Å². The lowest BCUT2D eigenvalue weighted by Crippen LogP contribution is -2.41. The number of nitrogens with one attached hydrogen (secondary N) is 2. The van der Waals surface area contributed by atoms with Crippen molar-refractivity contribution in [3.63, 3.8) is 0 Å². The van der Waals surface area contributed by atoms with Crippen molar-refractivity contribution < 1.29 is 9.53 Å². The summed E-state index contributed by atoms with van der Waals surface area (Å²) < 4.78 is 5.45. The van der Waals surface area contributed by atoms with Gasteiger partial charge in [-0.25, -0.2) is 10.4 Å². The van der Waals surface area contributed by atoms with Gasteiger partial charge < -0.3 is 4.74 Å². The third kappa shape index (κ3) is 2.55. The number of rotatable bonds is 3. The van der Waals surface area contributed by atoms with Gasteiger partial charge in [-0.15, -0.1) is 0 Å². The van der Waals surface area contributed by atoms with Gasteiger partial charge in [0.25, 0.3) is 5.91 Å². The summed E-state index contributed by atoms with van der Waals surface area (Å²) in [5.41, 5.74) is 8.55. The molecule has 0 spiro atoms. The molecule has 3 rings (SSSR count). The lowest BCUT2D eigenvalue weighted by molar-refractivity contribution is -0.118. The first-order chi connectivity index (χ1) is 10.6. The van der Waals surface area contributed by atoms with Crippen LogP contribution < -0.4 is 15.6 Å². The topological polar surface area (TPSA) is 63.2 Å². The third-order valence-corrected chi connectivity index (χ3v) is 3.81. The number of hydrazine groups is 1. The molecule has 5 nitrogen and oxygen atoms in total. The normalized spacial score (nSPS) is 17.8. The number of pyridine rings is 1. The summed E-state index contributed by atoms with van der Waals surface area (Å²) in [6, 6.07) is 7.94. The van der Waals surface area contributed by atoms with Crippen molar-refractivity contribution in [3.8, 4) is 5.75 Å². The standard InChI is InChI=1S/C17H19N3O2/c1-10(2)13-6-4-12-11(14-7-9-16(21)20-19-14)5-8-15(22-3)17(12)18-13/h4-10,14,19H,1-3H3,(H,20,21). The number of carbonyl (C=O) groups excluding carboxylic acids is 1. The van der Waals surface area contributed by atoms with E-state index in [1.165, 1.54) is 6.08 Å². The maximum atomic E-state index is 11.2. The maximum absolute atomic E-state index is 11.2. The smallest absolute Gasteiger partial charge is 0.257 e. The molecular formula is C17H19N3O2. The molecule has 0 saturated carbocycles. The molecular weight excluding hydrogens is 278 g/mol. The van der Waals surface area contributed by atoms with E-state index >= 15 is 0 Å². The lowest BCUT2D eigenvalue weighted by Gasteiger charge is -2.21. The Hall–Kier alpha value is -2.40. The first kappa shape index (κ1) is 14.5. The zero-order valence-corrected chi connectivity index (χ0v) is 12.9.